The van der Waals surface area contributed by atoms with Crippen molar-refractivity contribution in [3.63, 3.8) is 0 Å². The zero-order valence-corrected chi connectivity index (χ0v) is 7.77. The Labute approximate surface area is 83.7 Å². The lowest BCUT2D eigenvalue weighted by molar-refractivity contribution is -0.142. The van der Waals surface area contributed by atoms with Crippen molar-refractivity contribution in [1.82, 2.24) is 10.2 Å². The molecule has 2 rings (SSSR count). The molecule has 0 saturated carbocycles. The highest BCUT2D eigenvalue weighted by molar-refractivity contribution is 5.64. The van der Waals surface area contributed by atoms with Gasteiger partial charge in [0.1, 0.15) is 6.29 Å². The summed E-state index contributed by atoms with van der Waals surface area (Å²) in [6.07, 6.45) is -2.19. The number of nitrogens with zero attached hydrogens (tertiary/aromatic N) is 1. The largest absolute Gasteiger partial charge is 0.435 e. The molecular weight excluding hydrogens is 209 g/mol. The van der Waals surface area contributed by atoms with Crippen molar-refractivity contribution < 1.29 is 18.0 Å². The van der Waals surface area contributed by atoms with Crippen LogP contribution in [-0.4, -0.2) is 16.5 Å². The summed E-state index contributed by atoms with van der Waals surface area (Å²) in [6, 6.07) is 0. The van der Waals surface area contributed by atoms with Gasteiger partial charge in [-0.1, -0.05) is 0 Å². The first-order valence-electron chi connectivity index (χ1n) is 4.63. The van der Waals surface area contributed by atoms with E-state index >= 15 is 0 Å². The number of halogens is 3. The van der Waals surface area contributed by atoms with Crippen LogP contribution in [0.5, 0.6) is 0 Å². The lowest BCUT2D eigenvalue weighted by Crippen LogP contribution is -2.16. The summed E-state index contributed by atoms with van der Waals surface area (Å²) in [7, 11) is 0. The average Bonchev–Trinajstić information content (AvgIpc) is 2.59. The van der Waals surface area contributed by atoms with Crippen molar-refractivity contribution in [2.45, 2.75) is 31.4 Å². The Morgan fingerprint density at radius 1 is 1.47 bits per heavy atom. The van der Waals surface area contributed by atoms with Crippen LogP contribution in [0.1, 0.15) is 35.7 Å². The molecule has 1 aliphatic rings. The quantitative estimate of drug-likeness (QED) is 0.733. The maximum Gasteiger partial charge on any atom is 0.435 e. The fraction of sp³-hybridized carbons (Fsp3) is 0.556. The molecule has 0 amide bonds. The number of carbonyl (C=O) groups is 1. The van der Waals surface area contributed by atoms with Gasteiger partial charge in [-0.05, 0) is 19.3 Å². The normalized spacial score (nSPS) is 21.1. The van der Waals surface area contributed by atoms with Gasteiger partial charge >= 0.3 is 6.18 Å². The van der Waals surface area contributed by atoms with Gasteiger partial charge in [0.25, 0.3) is 0 Å². The molecular formula is C9H9F3N2O. The lowest BCUT2D eigenvalue weighted by atomic mass is 9.86. The van der Waals surface area contributed by atoms with Crippen LogP contribution in [0.4, 0.5) is 13.2 Å². The Balaban J connectivity index is 2.51. The molecule has 1 aromatic rings. The zero-order chi connectivity index (χ0) is 11.1. The molecule has 15 heavy (non-hydrogen) atoms. The minimum absolute atomic E-state index is 0.0451. The van der Waals surface area contributed by atoms with Gasteiger partial charge in [0, 0.05) is 17.2 Å². The van der Waals surface area contributed by atoms with Gasteiger partial charge in [0.05, 0.1) is 0 Å². The van der Waals surface area contributed by atoms with Crippen LogP contribution in [0.3, 0.4) is 0 Å². The molecule has 0 aliphatic heterocycles. The summed E-state index contributed by atoms with van der Waals surface area (Å²) in [5.41, 5.74) is -0.441. The highest BCUT2D eigenvalue weighted by Crippen LogP contribution is 2.39. The number of hydrogen-bond acceptors (Lipinski definition) is 2. The second-order valence-corrected chi connectivity index (χ2v) is 3.60. The Bertz CT molecular complexity index is 383. The molecule has 1 aliphatic carbocycles. The molecule has 0 saturated heterocycles. The maximum atomic E-state index is 12.5. The van der Waals surface area contributed by atoms with Crippen molar-refractivity contribution in [3.05, 3.63) is 17.0 Å². The van der Waals surface area contributed by atoms with Gasteiger partial charge in [-0.2, -0.15) is 18.3 Å². The van der Waals surface area contributed by atoms with E-state index < -0.39 is 17.8 Å². The number of aryl methyl sites for hydroxylation is 1. The first-order chi connectivity index (χ1) is 7.04. The average molecular weight is 218 g/mol. The lowest BCUT2D eigenvalue weighted by Gasteiger charge is -2.18. The Morgan fingerprint density at radius 3 is 2.80 bits per heavy atom. The Hall–Kier alpha value is -1.33. The predicted octanol–water partition coefficient (Wildman–Crippen LogP) is 2.05. The van der Waals surface area contributed by atoms with E-state index in [2.05, 4.69) is 10.2 Å². The third-order valence-corrected chi connectivity index (χ3v) is 2.63. The number of nitrogens with one attached hydrogen (secondary N) is 1. The van der Waals surface area contributed by atoms with Gasteiger partial charge < -0.3 is 4.79 Å². The number of H-pyrrole nitrogens is 1. The molecule has 1 heterocycles. The third-order valence-electron chi connectivity index (χ3n) is 2.63. The Kier molecular flexibility index (Phi) is 2.28. The molecule has 82 valence electrons. The van der Waals surface area contributed by atoms with E-state index in [1.54, 1.807) is 0 Å². The van der Waals surface area contributed by atoms with Crippen molar-refractivity contribution >= 4 is 6.29 Å². The number of rotatable bonds is 1. The predicted molar refractivity (Wildman–Crippen MR) is 45.3 cm³/mol. The van der Waals surface area contributed by atoms with Gasteiger partial charge in [-0.25, -0.2) is 0 Å². The third kappa shape index (κ3) is 1.64. The van der Waals surface area contributed by atoms with Crippen LogP contribution in [0, 0.1) is 0 Å². The van der Waals surface area contributed by atoms with Crippen LogP contribution in [0.2, 0.25) is 0 Å². The molecule has 1 N–H and O–H groups in total. The number of carbonyl (C=O) groups excluding carboxylic acids is 1. The molecule has 6 heteroatoms. The van der Waals surface area contributed by atoms with E-state index in [9.17, 15) is 18.0 Å². The van der Waals surface area contributed by atoms with Gasteiger partial charge in [0.15, 0.2) is 5.69 Å². The zero-order valence-electron chi connectivity index (χ0n) is 7.77. The highest BCUT2D eigenvalue weighted by atomic mass is 19.4. The first-order valence-corrected chi connectivity index (χ1v) is 4.63. The fourth-order valence-electron chi connectivity index (χ4n) is 1.97. The molecule has 3 nitrogen and oxygen atoms in total. The number of aromatic amines is 1. The summed E-state index contributed by atoms with van der Waals surface area (Å²) < 4.78 is 37.6. The molecule has 0 radical (unpaired) electrons. The van der Waals surface area contributed by atoms with E-state index in [0.717, 1.165) is 6.42 Å². The summed E-state index contributed by atoms with van der Waals surface area (Å²) in [4.78, 5) is 10.7. The van der Waals surface area contributed by atoms with Crippen LogP contribution < -0.4 is 0 Å². The second-order valence-electron chi connectivity index (χ2n) is 3.60. The van der Waals surface area contributed by atoms with Crippen molar-refractivity contribution in [2.24, 2.45) is 0 Å². The van der Waals surface area contributed by atoms with E-state index in [-0.39, 0.29) is 5.56 Å². The van der Waals surface area contributed by atoms with Crippen LogP contribution in [-0.2, 0) is 17.4 Å². The van der Waals surface area contributed by atoms with E-state index in [1.807, 2.05) is 0 Å². The van der Waals surface area contributed by atoms with Gasteiger partial charge in [-0.15, -0.1) is 0 Å². The number of aromatic nitrogens is 2. The van der Waals surface area contributed by atoms with Crippen molar-refractivity contribution in [1.29, 1.82) is 0 Å². The van der Waals surface area contributed by atoms with Crippen LogP contribution >= 0.6 is 0 Å². The standard InChI is InChI=1S/C9H9F3N2O/c10-9(11,12)8-7-5(4-15)2-1-3-6(7)13-14-8/h4-5H,1-3H2,(H,13,14). The summed E-state index contributed by atoms with van der Waals surface area (Å²) in [5.74, 6) is -0.663. The first kappa shape index (κ1) is 10.2. The van der Waals surface area contributed by atoms with E-state index in [0.29, 0.717) is 24.8 Å². The minimum Gasteiger partial charge on any atom is -0.303 e. The summed E-state index contributed by atoms with van der Waals surface area (Å²) in [5, 5.41) is 5.63. The Morgan fingerprint density at radius 2 is 2.20 bits per heavy atom. The molecule has 1 atom stereocenters. The molecule has 0 fully saturated rings. The number of hydrogen-bond donors (Lipinski definition) is 1. The maximum absolute atomic E-state index is 12.5. The van der Waals surface area contributed by atoms with Crippen LogP contribution in [0.25, 0.3) is 0 Å². The number of aldehydes is 1. The highest BCUT2D eigenvalue weighted by Gasteiger charge is 2.40. The molecule has 0 aromatic carbocycles. The van der Waals surface area contributed by atoms with Crippen molar-refractivity contribution in [2.75, 3.05) is 0 Å². The number of fused-ring (bicyclic) bond motifs is 1. The topological polar surface area (TPSA) is 45.8 Å². The van der Waals surface area contributed by atoms with Crippen molar-refractivity contribution in [3.8, 4) is 0 Å². The van der Waals surface area contributed by atoms with Gasteiger partial charge in [-0.3, -0.25) is 5.10 Å². The van der Waals surface area contributed by atoms with E-state index in [4.69, 9.17) is 0 Å². The smallest absolute Gasteiger partial charge is 0.303 e. The monoisotopic (exact) mass is 218 g/mol. The molecule has 0 bridgehead atoms. The fourth-order valence-corrected chi connectivity index (χ4v) is 1.97. The molecule has 0 spiro atoms. The summed E-state index contributed by atoms with van der Waals surface area (Å²) in [6.45, 7) is 0. The molecule has 1 aromatic heterocycles. The van der Waals surface area contributed by atoms with Gasteiger partial charge in [0.2, 0.25) is 0 Å². The molecule has 1 unspecified atom stereocenters. The number of alkyl halides is 3. The SMILES string of the molecule is O=CC1CCCc2[nH]nc(C(F)(F)F)c21. The summed E-state index contributed by atoms with van der Waals surface area (Å²) >= 11 is 0. The van der Waals surface area contributed by atoms with Crippen LogP contribution in [0.15, 0.2) is 0 Å². The van der Waals surface area contributed by atoms with E-state index in [1.165, 1.54) is 0 Å². The second kappa shape index (κ2) is 3.36. The minimum atomic E-state index is -4.48.